The van der Waals surface area contributed by atoms with Crippen molar-refractivity contribution in [3.8, 4) is 0 Å². The fourth-order valence-corrected chi connectivity index (χ4v) is 5.70. The van der Waals surface area contributed by atoms with E-state index in [2.05, 4.69) is 27.4 Å². The SMILES string of the molecule is C=C[C@@]1(C)CC(=O)C2=C(CC[C@H]3C(C)(C)[C@@H](O)CC[C@]23C)[C@H]1O. The summed E-state index contributed by atoms with van der Waals surface area (Å²) in [5.41, 5.74) is 0.838. The van der Waals surface area contributed by atoms with Gasteiger partial charge in [0.25, 0.3) is 0 Å². The lowest BCUT2D eigenvalue weighted by Crippen LogP contribution is -2.55. The Kier molecular flexibility index (Phi) is 3.70. The Labute approximate surface area is 139 Å². The van der Waals surface area contributed by atoms with Crippen LogP contribution in [-0.4, -0.2) is 28.2 Å². The van der Waals surface area contributed by atoms with E-state index in [0.29, 0.717) is 6.42 Å². The van der Waals surface area contributed by atoms with Gasteiger partial charge in [-0.05, 0) is 48.0 Å². The Morgan fingerprint density at radius 1 is 1.17 bits per heavy atom. The molecule has 1 fully saturated rings. The van der Waals surface area contributed by atoms with Crippen molar-refractivity contribution < 1.29 is 15.0 Å². The van der Waals surface area contributed by atoms with Gasteiger partial charge in [-0.2, -0.15) is 0 Å². The number of ketones is 1. The molecular formula is C20H30O3. The Morgan fingerprint density at radius 3 is 2.43 bits per heavy atom. The largest absolute Gasteiger partial charge is 0.393 e. The Morgan fingerprint density at radius 2 is 1.83 bits per heavy atom. The summed E-state index contributed by atoms with van der Waals surface area (Å²) in [5, 5.41) is 21.4. The molecule has 0 bridgehead atoms. The summed E-state index contributed by atoms with van der Waals surface area (Å²) in [6.07, 6.45) is 4.37. The van der Waals surface area contributed by atoms with Crippen LogP contribution in [0.15, 0.2) is 23.8 Å². The van der Waals surface area contributed by atoms with Crippen LogP contribution in [0, 0.1) is 22.2 Å². The molecule has 0 aliphatic heterocycles. The number of Topliss-reactive ketones (excluding diaryl/α,β-unsaturated/α-hetero) is 1. The molecule has 2 N–H and O–H groups in total. The molecule has 23 heavy (non-hydrogen) atoms. The average molecular weight is 318 g/mol. The van der Waals surface area contributed by atoms with E-state index in [9.17, 15) is 15.0 Å². The third kappa shape index (κ3) is 2.12. The number of aliphatic hydroxyl groups is 2. The van der Waals surface area contributed by atoms with Gasteiger partial charge in [0, 0.05) is 17.4 Å². The second kappa shape index (κ2) is 5.03. The molecule has 3 rings (SSSR count). The van der Waals surface area contributed by atoms with Crippen molar-refractivity contribution in [2.24, 2.45) is 22.2 Å². The van der Waals surface area contributed by atoms with Crippen molar-refractivity contribution in [2.45, 2.75) is 72.0 Å². The van der Waals surface area contributed by atoms with Gasteiger partial charge in [-0.15, -0.1) is 6.58 Å². The predicted octanol–water partition coefficient (Wildman–Crippen LogP) is 3.41. The van der Waals surface area contributed by atoms with Gasteiger partial charge >= 0.3 is 0 Å². The van der Waals surface area contributed by atoms with Gasteiger partial charge in [-0.3, -0.25) is 4.79 Å². The molecule has 3 aliphatic rings. The fourth-order valence-electron chi connectivity index (χ4n) is 5.70. The molecule has 0 unspecified atom stereocenters. The van der Waals surface area contributed by atoms with Gasteiger partial charge in [0.05, 0.1) is 12.2 Å². The smallest absolute Gasteiger partial charge is 0.160 e. The summed E-state index contributed by atoms with van der Waals surface area (Å²) >= 11 is 0. The van der Waals surface area contributed by atoms with Gasteiger partial charge in [0.15, 0.2) is 5.78 Å². The first-order valence-corrected chi connectivity index (χ1v) is 8.84. The third-order valence-electron chi connectivity index (χ3n) is 7.30. The van der Waals surface area contributed by atoms with E-state index in [1.165, 1.54) is 0 Å². The van der Waals surface area contributed by atoms with Crippen LogP contribution in [-0.2, 0) is 4.79 Å². The number of rotatable bonds is 1. The van der Waals surface area contributed by atoms with Crippen LogP contribution in [0.1, 0.15) is 59.8 Å². The molecule has 0 saturated heterocycles. The minimum atomic E-state index is -0.611. The number of fused-ring (bicyclic) bond motifs is 2. The molecule has 3 heteroatoms. The first kappa shape index (κ1) is 16.9. The van der Waals surface area contributed by atoms with Crippen LogP contribution in [0.25, 0.3) is 0 Å². The maximum absolute atomic E-state index is 13.0. The molecule has 0 aromatic heterocycles. The number of aliphatic hydroxyl groups excluding tert-OH is 2. The number of carbonyl (C=O) groups is 1. The second-order valence-electron chi connectivity index (χ2n) is 9.00. The van der Waals surface area contributed by atoms with E-state index in [0.717, 1.165) is 36.8 Å². The molecule has 0 heterocycles. The van der Waals surface area contributed by atoms with Crippen molar-refractivity contribution in [2.75, 3.05) is 0 Å². The molecule has 0 spiro atoms. The van der Waals surface area contributed by atoms with Crippen molar-refractivity contribution in [1.29, 1.82) is 0 Å². The second-order valence-corrected chi connectivity index (χ2v) is 9.00. The monoisotopic (exact) mass is 318 g/mol. The summed E-state index contributed by atoms with van der Waals surface area (Å²) < 4.78 is 0. The number of hydrogen-bond donors (Lipinski definition) is 2. The van der Waals surface area contributed by atoms with E-state index in [4.69, 9.17) is 0 Å². The van der Waals surface area contributed by atoms with E-state index in [1.54, 1.807) is 6.08 Å². The fraction of sp³-hybridized carbons (Fsp3) is 0.750. The highest BCUT2D eigenvalue weighted by molar-refractivity contribution is 5.99. The molecule has 0 radical (unpaired) electrons. The van der Waals surface area contributed by atoms with Gasteiger partial charge in [-0.25, -0.2) is 0 Å². The lowest BCUT2D eigenvalue weighted by atomic mass is 9.47. The maximum Gasteiger partial charge on any atom is 0.160 e. The van der Waals surface area contributed by atoms with Crippen LogP contribution in [0.4, 0.5) is 0 Å². The molecule has 128 valence electrons. The molecule has 1 saturated carbocycles. The zero-order valence-electron chi connectivity index (χ0n) is 14.9. The molecule has 0 amide bonds. The maximum atomic E-state index is 13.0. The van der Waals surface area contributed by atoms with Crippen molar-refractivity contribution >= 4 is 5.78 Å². The van der Waals surface area contributed by atoms with Gasteiger partial charge in [0.2, 0.25) is 0 Å². The van der Waals surface area contributed by atoms with Crippen LogP contribution in [0.3, 0.4) is 0 Å². The lowest BCUT2D eigenvalue weighted by molar-refractivity contribution is -0.128. The van der Waals surface area contributed by atoms with Crippen LogP contribution in [0.2, 0.25) is 0 Å². The first-order chi connectivity index (χ1) is 10.6. The standard InChI is InChI=1S/C20H30O3/c1-6-19(4)11-13(21)16-12(17(19)23)7-8-14-18(2,3)15(22)9-10-20(14,16)5/h6,14-15,17,22-23H,1,7-11H2,2-5H3/t14-,15-,17+,19-,20-/m0/s1. The van der Waals surface area contributed by atoms with E-state index in [1.807, 2.05) is 6.92 Å². The van der Waals surface area contributed by atoms with Crippen LogP contribution >= 0.6 is 0 Å². The highest BCUT2D eigenvalue weighted by atomic mass is 16.3. The molecule has 3 aliphatic carbocycles. The molecule has 5 atom stereocenters. The Balaban J connectivity index is 2.13. The molecular weight excluding hydrogens is 288 g/mol. The lowest BCUT2D eigenvalue weighted by Gasteiger charge is -2.58. The van der Waals surface area contributed by atoms with E-state index >= 15 is 0 Å². The highest BCUT2D eigenvalue weighted by Crippen LogP contribution is 2.62. The predicted molar refractivity (Wildman–Crippen MR) is 90.8 cm³/mol. The summed E-state index contributed by atoms with van der Waals surface area (Å²) in [4.78, 5) is 13.0. The van der Waals surface area contributed by atoms with Gasteiger partial charge in [0.1, 0.15) is 0 Å². The molecule has 0 aromatic carbocycles. The Bertz CT molecular complexity index is 588. The summed E-state index contributed by atoms with van der Waals surface area (Å²) in [5.74, 6) is 0.453. The van der Waals surface area contributed by atoms with Crippen molar-refractivity contribution in [3.63, 3.8) is 0 Å². The van der Waals surface area contributed by atoms with E-state index in [-0.39, 0.29) is 28.6 Å². The minimum absolute atomic E-state index is 0.173. The third-order valence-corrected chi connectivity index (χ3v) is 7.30. The summed E-state index contributed by atoms with van der Waals surface area (Å²) in [6, 6.07) is 0. The first-order valence-electron chi connectivity index (χ1n) is 8.84. The topological polar surface area (TPSA) is 57.5 Å². The quantitative estimate of drug-likeness (QED) is 0.729. The van der Waals surface area contributed by atoms with Crippen molar-refractivity contribution in [1.82, 2.24) is 0 Å². The van der Waals surface area contributed by atoms with Crippen LogP contribution in [0.5, 0.6) is 0 Å². The molecule has 0 aromatic rings. The number of allylic oxidation sites excluding steroid dienone is 1. The zero-order chi connectivity index (χ0) is 17.2. The molecule has 3 nitrogen and oxygen atoms in total. The summed E-state index contributed by atoms with van der Waals surface area (Å²) in [7, 11) is 0. The minimum Gasteiger partial charge on any atom is -0.393 e. The average Bonchev–Trinajstić information content (AvgIpc) is 2.48. The highest BCUT2D eigenvalue weighted by Gasteiger charge is 2.58. The summed E-state index contributed by atoms with van der Waals surface area (Å²) in [6.45, 7) is 12.2. The van der Waals surface area contributed by atoms with Gasteiger partial charge in [-0.1, -0.05) is 33.8 Å². The Hall–Kier alpha value is -0.930. The normalized spacial score (nSPS) is 46.2. The van der Waals surface area contributed by atoms with Crippen LogP contribution < -0.4 is 0 Å². The number of hydrogen-bond acceptors (Lipinski definition) is 3. The van der Waals surface area contributed by atoms with E-state index < -0.39 is 11.5 Å². The zero-order valence-corrected chi connectivity index (χ0v) is 14.9. The number of carbonyl (C=O) groups excluding carboxylic acids is 1. The van der Waals surface area contributed by atoms with Crippen molar-refractivity contribution in [3.05, 3.63) is 23.8 Å². The van der Waals surface area contributed by atoms with Gasteiger partial charge < -0.3 is 10.2 Å².